The molecule has 2 aromatic carbocycles. The molecular weight excluding hydrogens is 287 g/mol. The number of nitrogens with one attached hydrogen (secondary N) is 1. The molecule has 0 fully saturated rings. The van der Waals surface area contributed by atoms with Gasteiger partial charge in [0.05, 0.1) is 11.1 Å². The van der Waals surface area contributed by atoms with Crippen molar-refractivity contribution in [3.8, 4) is 0 Å². The van der Waals surface area contributed by atoms with Gasteiger partial charge < -0.3 is 5.32 Å². The van der Waals surface area contributed by atoms with Crippen molar-refractivity contribution in [3.05, 3.63) is 70.0 Å². The minimum Gasteiger partial charge on any atom is -0.306 e. The molecule has 0 heterocycles. The number of hydrogen-bond donors (Lipinski definition) is 1. The van der Waals surface area contributed by atoms with Gasteiger partial charge in [-0.15, -0.1) is 0 Å². The smallest absolute Gasteiger partial charge is 0.142 e. The monoisotopic (exact) mass is 299 g/mol. The molecule has 1 nitrogen and oxygen atoms in total. The maximum Gasteiger partial charge on any atom is 0.142 e. The van der Waals surface area contributed by atoms with Crippen LogP contribution in [0.1, 0.15) is 24.1 Å². The fraction of sp³-hybridized carbons (Fsp3) is 0.200. The molecule has 1 N–H and O–H groups in total. The highest BCUT2D eigenvalue weighted by Crippen LogP contribution is 2.27. The van der Waals surface area contributed by atoms with Crippen molar-refractivity contribution in [2.24, 2.45) is 0 Å². The number of hydrogen-bond acceptors (Lipinski definition) is 1. The average Bonchev–Trinajstić information content (AvgIpc) is 2.42. The minimum atomic E-state index is -0.637. The van der Waals surface area contributed by atoms with Crippen molar-refractivity contribution in [3.63, 3.8) is 0 Å². The van der Waals surface area contributed by atoms with Gasteiger partial charge in [-0.05, 0) is 42.4 Å². The molecule has 0 aliphatic carbocycles. The summed E-state index contributed by atoms with van der Waals surface area (Å²) in [5, 5.41) is 3.00. The normalized spacial score (nSPS) is 12.4. The number of benzene rings is 2. The molecule has 0 aliphatic heterocycles. The Morgan fingerprint density at radius 1 is 1.05 bits per heavy atom. The molecule has 106 valence electrons. The molecule has 0 saturated heterocycles. The van der Waals surface area contributed by atoms with E-state index in [-0.39, 0.29) is 10.6 Å². The summed E-state index contributed by atoms with van der Waals surface area (Å²) >= 11 is 5.64. The number of rotatable bonds is 4. The van der Waals surface area contributed by atoms with E-state index in [1.54, 1.807) is 6.07 Å². The van der Waals surface area contributed by atoms with Gasteiger partial charge in [0.1, 0.15) is 17.5 Å². The summed E-state index contributed by atoms with van der Waals surface area (Å²) in [6.07, 6.45) is 0. The Morgan fingerprint density at radius 3 is 2.45 bits per heavy atom. The molecule has 2 rings (SSSR count). The third-order valence-corrected chi connectivity index (χ3v) is 3.26. The van der Waals surface area contributed by atoms with Crippen LogP contribution >= 0.6 is 11.6 Å². The molecule has 1 atom stereocenters. The summed E-state index contributed by atoms with van der Waals surface area (Å²) in [6.45, 7) is 2.35. The van der Waals surface area contributed by atoms with Gasteiger partial charge in [-0.1, -0.05) is 24.6 Å². The molecule has 0 aromatic heterocycles. The lowest BCUT2D eigenvalue weighted by Crippen LogP contribution is -2.23. The Labute approximate surface area is 120 Å². The molecule has 5 heteroatoms. The Morgan fingerprint density at radius 2 is 1.80 bits per heavy atom. The van der Waals surface area contributed by atoms with Gasteiger partial charge in [0, 0.05) is 5.56 Å². The van der Waals surface area contributed by atoms with Gasteiger partial charge in [-0.25, -0.2) is 13.2 Å². The van der Waals surface area contributed by atoms with Crippen LogP contribution < -0.4 is 5.32 Å². The zero-order valence-electron chi connectivity index (χ0n) is 10.8. The van der Waals surface area contributed by atoms with Crippen LogP contribution in [0.25, 0.3) is 0 Å². The van der Waals surface area contributed by atoms with Crippen LogP contribution in [-0.4, -0.2) is 6.54 Å². The maximum absolute atomic E-state index is 13.9. The topological polar surface area (TPSA) is 12.0 Å². The largest absolute Gasteiger partial charge is 0.306 e. The van der Waals surface area contributed by atoms with Gasteiger partial charge in [0.25, 0.3) is 0 Å². The first kappa shape index (κ1) is 14.9. The lowest BCUT2D eigenvalue weighted by molar-refractivity contribution is 0.542. The highest BCUT2D eigenvalue weighted by molar-refractivity contribution is 6.30. The van der Waals surface area contributed by atoms with E-state index in [9.17, 15) is 13.2 Å². The Hall–Kier alpha value is -1.52. The molecule has 0 bridgehead atoms. The van der Waals surface area contributed by atoms with E-state index in [0.29, 0.717) is 12.1 Å². The SMILES string of the molecule is CCNC(c1ccc(Cl)c(F)c1)c1cc(F)ccc1F. The predicted molar refractivity (Wildman–Crippen MR) is 73.3 cm³/mol. The second-order valence-electron chi connectivity index (χ2n) is 4.33. The molecule has 20 heavy (non-hydrogen) atoms. The predicted octanol–water partition coefficient (Wildman–Crippen LogP) is 4.46. The Kier molecular flexibility index (Phi) is 4.68. The molecule has 0 spiro atoms. The lowest BCUT2D eigenvalue weighted by atomic mass is 9.98. The highest BCUT2D eigenvalue weighted by atomic mass is 35.5. The molecule has 0 radical (unpaired) electrons. The minimum absolute atomic E-state index is 0.0105. The van der Waals surface area contributed by atoms with Crippen LogP contribution in [0, 0.1) is 17.5 Å². The second kappa shape index (κ2) is 6.29. The van der Waals surface area contributed by atoms with E-state index < -0.39 is 23.5 Å². The van der Waals surface area contributed by atoms with E-state index in [1.807, 2.05) is 6.92 Å². The molecule has 2 aromatic rings. The fourth-order valence-corrected chi connectivity index (χ4v) is 2.16. The van der Waals surface area contributed by atoms with Gasteiger partial charge in [0.15, 0.2) is 0 Å². The van der Waals surface area contributed by atoms with Gasteiger partial charge in [0.2, 0.25) is 0 Å². The second-order valence-corrected chi connectivity index (χ2v) is 4.74. The average molecular weight is 300 g/mol. The zero-order chi connectivity index (χ0) is 14.7. The van der Waals surface area contributed by atoms with Crippen molar-refractivity contribution in [1.29, 1.82) is 0 Å². The van der Waals surface area contributed by atoms with Gasteiger partial charge >= 0.3 is 0 Å². The van der Waals surface area contributed by atoms with Crippen LogP contribution in [0.4, 0.5) is 13.2 Å². The van der Waals surface area contributed by atoms with Gasteiger partial charge in [-0.3, -0.25) is 0 Å². The van der Waals surface area contributed by atoms with Crippen LogP contribution in [0.15, 0.2) is 36.4 Å². The van der Waals surface area contributed by atoms with Crippen molar-refractivity contribution < 1.29 is 13.2 Å². The first-order chi connectivity index (χ1) is 9.52. The molecular formula is C15H13ClF3N. The third kappa shape index (κ3) is 3.14. The summed E-state index contributed by atoms with van der Waals surface area (Å²) in [5.41, 5.74) is 0.617. The molecule has 0 amide bonds. The summed E-state index contributed by atoms with van der Waals surface area (Å²) in [7, 11) is 0. The Bertz CT molecular complexity index is 616. The van der Waals surface area contributed by atoms with Crippen LogP contribution in [0.2, 0.25) is 5.02 Å². The molecule has 0 aliphatic rings. The molecule has 1 unspecified atom stereocenters. The standard InChI is InChI=1S/C15H13ClF3N/c1-2-20-15(9-3-5-12(16)14(19)7-9)11-8-10(17)4-6-13(11)18/h3-8,15,20H,2H2,1H3. The Balaban J connectivity index is 2.49. The number of halogens is 4. The van der Waals surface area contributed by atoms with Crippen molar-refractivity contribution in [1.82, 2.24) is 5.32 Å². The van der Waals surface area contributed by atoms with E-state index in [0.717, 1.165) is 18.2 Å². The van der Waals surface area contributed by atoms with Crippen molar-refractivity contribution >= 4 is 11.6 Å². The van der Waals surface area contributed by atoms with E-state index in [2.05, 4.69) is 5.32 Å². The summed E-state index contributed by atoms with van der Waals surface area (Å²) in [4.78, 5) is 0. The fourth-order valence-electron chi connectivity index (χ4n) is 2.04. The van der Waals surface area contributed by atoms with Gasteiger partial charge in [-0.2, -0.15) is 0 Å². The van der Waals surface area contributed by atoms with Crippen LogP contribution in [0.5, 0.6) is 0 Å². The quantitative estimate of drug-likeness (QED) is 0.879. The van der Waals surface area contributed by atoms with E-state index in [4.69, 9.17) is 11.6 Å². The van der Waals surface area contributed by atoms with Crippen LogP contribution in [-0.2, 0) is 0 Å². The van der Waals surface area contributed by atoms with Crippen LogP contribution in [0.3, 0.4) is 0 Å². The third-order valence-electron chi connectivity index (χ3n) is 2.95. The zero-order valence-corrected chi connectivity index (χ0v) is 11.5. The summed E-state index contributed by atoms with van der Waals surface area (Å²) in [6, 6.07) is 6.78. The van der Waals surface area contributed by atoms with Crippen molar-refractivity contribution in [2.45, 2.75) is 13.0 Å². The highest BCUT2D eigenvalue weighted by Gasteiger charge is 2.19. The molecule has 0 saturated carbocycles. The van der Waals surface area contributed by atoms with Crippen molar-refractivity contribution in [2.75, 3.05) is 6.54 Å². The summed E-state index contributed by atoms with van der Waals surface area (Å²) in [5.74, 6) is -1.68. The first-order valence-electron chi connectivity index (χ1n) is 6.16. The van der Waals surface area contributed by atoms with E-state index in [1.165, 1.54) is 12.1 Å². The first-order valence-corrected chi connectivity index (χ1v) is 6.54. The maximum atomic E-state index is 13.9. The lowest BCUT2D eigenvalue weighted by Gasteiger charge is -2.20. The summed E-state index contributed by atoms with van der Waals surface area (Å²) < 4.78 is 40.7. The van der Waals surface area contributed by atoms with E-state index >= 15 is 0 Å².